The smallest absolute Gasteiger partial charge is 0.338 e. The predicted molar refractivity (Wildman–Crippen MR) is 76.5 cm³/mol. The van der Waals surface area contributed by atoms with Crippen LogP contribution < -0.4 is 5.32 Å². The molecule has 0 unspecified atom stereocenters. The van der Waals surface area contributed by atoms with Gasteiger partial charge < -0.3 is 10.1 Å². The van der Waals surface area contributed by atoms with Crippen molar-refractivity contribution in [2.24, 2.45) is 0 Å². The minimum absolute atomic E-state index is 0.0631. The molecule has 0 radical (unpaired) electrons. The zero-order valence-corrected chi connectivity index (χ0v) is 12.5. The molecule has 0 bridgehead atoms. The van der Waals surface area contributed by atoms with Crippen molar-refractivity contribution in [1.82, 2.24) is 5.32 Å². The first kappa shape index (κ1) is 15.5. The monoisotopic (exact) mass is 311 g/mol. The quantitative estimate of drug-likeness (QED) is 0.820. The second kappa shape index (κ2) is 5.85. The standard InChI is InChI=1S/C14H17NO5S/c1-14(7-8-21(18,19)10-14)15-12(16)9-20-13(17)11-5-3-2-4-6-11/h2-6H,7-10H2,1H3,(H,15,16)/t14-/m0/s1. The number of carbonyl (C=O) groups excluding carboxylic acids is 2. The van der Waals surface area contributed by atoms with Crippen molar-refractivity contribution in [3.63, 3.8) is 0 Å². The molecule has 1 fully saturated rings. The second-order valence-electron chi connectivity index (χ2n) is 5.39. The van der Waals surface area contributed by atoms with Crippen LogP contribution in [0.25, 0.3) is 0 Å². The summed E-state index contributed by atoms with van der Waals surface area (Å²) in [6.07, 6.45) is 0.369. The summed E-state index contributed by atoms with van der Waals surface area (Å²) in [5, 5.41) is 2.62. The number of hydrogen-bond donors (Lipinski definition) is 1. The third-order valence-electron chi connectivity index (χ3n) is 3.29. The summed E-state index contributed by atoms with van der Waals surface area (Å²) in [5.74, 6) is -1.11. The molecular formula is C14H17NO5S. The molecule has 0 aliphatic carbocycles. The van der Waals surface area contributed by atoms with E-state index in [0.717, 1.165) is 0 Å². The zero-order valence-electron chi connectivity index (χ0n) is 11.7. The lowest BCUT2D eigenvalue weighted by Gasteiger charge is -2.23. The number of ether oxygens (including phenoxy) is 1. The van der Waals surface area contributed by atoms with Crippen LogP contribution >= 0.6 is 0 Å². The summed E-state index contributed by atoms with van der Waals surface area (Å²) in [4.78, 5) is 23.4. The van der Waals surface area contributed by atoms with Crippen molar-refractivity contribution < 1.29 is 22.7 Å². The average molecular weight is 311 g/mol. The van der Waals surface area contributed by atoms with Crippen LogP contribution in [0.5, 0.6) is 0 Å². The number of rotatable bonds is 4. The molecule has 1 heterocycles. The highest BCUT2D eigenvalue weighted by Crippen LogP contribution is 2.22. The number of benzene rings is 1. The van der Waals surface area contributed by atoms with E-state index in [-0.39, 0.29) is 11.5 Å². The SMILES string of the molecule is C[C@]1(NC(=O)COC(=O)c2ccccc2)CCS(=O)(=O)C1. The van der Waals surface area contributed by atoms with Gasteiger partial charge in [-0.25, -0.2) is 13.2 Å². The molecule has 114 valence electrons. The summed E-state index contributed by atoms with van der Waals surface area (Å²) in [6.45, 7) is 1.25. The number of carbonyl (C=O) groups is 2. The molecule has 0 aromatic heterocycles. The summed E-state index contributed by atoms with van der Waals surface area (Å²) in [7, 11) is -3.10. The van der Waals surface area contributed by atoms with Gasteiger partial charge in [0.15, 0.2) is 16.4 Å². The molecule has 1 aliphatic rings. The van der Waals surface area contributed by atoms with Gasteiger partial charge in [0.2, 0.25) is 0 Å². The van der Waals surface area contributed by atoms with Crippen LogP contribution in [-0.2, 0) is 19.4 Å². The Kier molecular flexibility index (Phi) is 4.32. The molecule has 1 atom stereocenters. The minimum atomic E-state index is -3.10. The number of hydrogen-bond acceptors (Lipinski definition) is 5. The Bertz CT molecular complexity index is 641. The Balaban J connectivity index is 1.85. The Labute approximate surface area is 123 Å². The lowest BCUT2D eigenvalue weighted by Crippen LogP contribution is -2.48. The topological polar surface area (TPSA) is 89.5 Å². The van der Waals surface area contributed by atoms with Crippen LogP contribution in [0.15, 0.2) is 30.3 Å². The number of sulfone groups is 1. The highest BCUT2D eigenvalue weighted by atomic mass is 32.2. The maximum absolute atomic E-state index is 11.8. The first-order valence-corrected chi connectivity index (χ1v) is 8.35. The molecule has 6 nitrogen and oxygen atoms in total. The molecule has 0 spiro atoms. The lowest BCUT2D eigenvalue weighted by molar-refractivity contribution is -0.125. The molecule has 1 aliphatic heterocycles. The minimum Gasteiger partial charge on any atom is -0.452 e. The van der Waals surface area contributed by atoms with Gasteiger partial charge in [-0.15, -0.1) is 0 Å². The predicted octanol–water partition coefficient (Wildman–Crippen LogP) is 0.537. The van der Waals surface area contributed by atoms with Gasteiger partial charge in [0, 0.05) is 0 Å². The third kappa shape index (κ3) is 4.29. The molecule has 0 saturated carbocycles. The third-order valence-corrected chi connectivity index (χ3v) is 5.19. The van der Waals surface area contributed by atoms with E-state index in [0.29, 0.717) is 12.0 Å². The highest BCUT2D eigenvalue weighted by molar-refractivity contribution is 7.91. The van der Waals surface area contributed by atoms with Crippen molar-refractivity contribution >= 4 is 21.7 Å². The van der Waals surface area contributed by atoms with Gasteiger partial charge >= 0.3 is 5.97 Å². The van der Waals surface area contributed by atoms with E-state index in [2.05, 4.69) is 5.32 Å². The van der Waals surface area contributed by atoms with Crippen molar-refractivity contribution in [1.29, 1.82) is 0 Å². The van der Waals surface area contributed by atoms with E-state index >= 15 is 0 Å². The summed E-state index contributed by atoms with van der Waals surface area (Å²) in [6, 6.07) is 8.34. The van der Waals surface area contributed by atoms with E-state index in [1.807, 2.05) is 0 Å². The van der Waals surface area contributed by atoms with E-state index in [4.69, 9.17) is 4.74 Å². The van der Waals surface area contributed by atoms with Crippen LogP contribution in [0.4, 0.5) is 0 Å². The van der Waals surface area contributed by atoms with E-state index in [1.54, 1.807) is 37.3 Å². The summed E-state index contributed by atoms with van der Waals surface area (Å²) < 4.78 is 27.8. The molecule has 1 saturated heterocycles. The maximum atomic E-state index is 11.8. The van der Waals surface area contributed by atoms with Gasteiger partial charge in [-0.3, -0.25) is 4.79 Å². The summed E-state index contributed by atoms with van der Waals surface area (Å²) in [5.41, 5.74) is -0.422. The van der Waals surface area contributed by atoms with Crippen molar-refractivity contribution in [2.75, 3.05) is 18.1 Å². The average Bonchev–Trinajstić information content (AvgIpc) is 2.70. The van der Waals surface area contributed by atoms with Crippen LogP contribution in [0.2, 0.25) is 0 Å². The maximum Gasteiger partial charge on any atom is 0.338 e. The largest absolute Gasteiger partial charge is 0.452 e. The molecule has 1 amide bonds. The van der Waals surface area contributed by atoms with Crippen LogP contribution in [0.1, 0.15) is 23.7 Å². The second-order valence-corrected chi connectivity index (χ2v) is 7.58. The summed E-state index contributed by atoms with van der Waals surface area (Å²) >= 11 is 0. The fraction of sp³-hybridized carbons (Fsp3) is 0.429. The Morgan fingerprint density at radius 2 is 1.95 bits per heavy atom. The van der Waals surface area contributed by atoms with Crippen LogP contribution in [-0.4, -0.2) is 43.9 Å². The van der Waals surface area contributed by atoms with Gasteiger partial charge in [-0.2, -0.15) is 0 Å². The molecule has 2 rings (SSSR count). The van der Waals surface area contributed by atoms with E-state index < -0.39 is 33.9 Å². The fourth-order valence-corrected chi connectivity index (χ4v) is 4.36. The molecule has 21 heavy (non-hydrogen) atoms. The number of nitrogens with one attached hydrogen (secondary N) is 1. The van der Waals surface area contributed by atoms with E-state index in [1.165, 1.54) is 0 Å². The fourth-order valence-electron chi connectivity index (χ4n) is 2.27. The zero-order chi connectivity index (χ0) is 15.5. The number of esters is 1. The van der Waals surface area contributed by atoms with Gasteiger partial charge in [-0.1, -0.05) is 18.2 Å². The molecule has 1 N–H and O–H groups in total. The van der Waals surface area contributed by atoms with Gasteiger partial charge in [0.1, 0.15) is 0 Å². The van der Waals surface area contributed by atoms with Crippen molar-refractivity contribution in [3.8, 4) is 0 Å². The van der Waals surface area contributed by atoms with Crippen molar-refractivity contribution in [3.05, 3.63) is 35.9 Å². The highest BCUT2D eigenvalue weighted by Gasteiger charge is 2.39. The molecule has 1 aromatic carbocycles. The van der Waals surface area contributed by atoms with E-state index in [9.17, 15) is 18.0 Å². The van der Waals surface area contributed by atoms with Crippen LogP contribution in [0, 0.1) is 0 Å². The first-order chi connectivity index (χ1) is 9.80. The normalized spacial score (nSPS) is 23.5. The Hall–Kier alpha value is -1.89. The number of amides is 1. The lowest BCUT2D eigenvalue weighted by atomic mass is 10.0. The van der Waals surface area contributed by atoms with Gasteiger partial charge in [0.05, 0.1) is 22.6 Å². The molecule has 1 aromatic rings. The van der Waals surface area contributed by atoms with Crippen molar-refractivity contribution in [2.45, 2.75) is 18.9 Å². The molecule has 7 heteroatoms. The first-order valence-electron chi connectivity index (χ1n) is 6.53. The Morgan fingerprint density at radius 3 is 2.52 bits per heavy atom. The van der Waals surface area contributed by atoms with Gasteiger partial charge in [-0.05, 0) is 25.5 Å². The molecular weight excluding hydrogens is 294 g/mol. The van der Waals surface area contributed by atoms with Gasteiger partial charge in [0.25, 0.3) is 5.91 Å². The Morgan fingerprint density at radius 1 is 1.29 bits per heavy atom. The van der Waals surface area contributed by atoms with Crippen LogP contribution in [0.3, 0.4) is 0 Å².